The van der Waals surface area contributed by atoms with Crippen molar-refractivity contribution in [1.82, 2.24) is 15.7 Å². The highest BCUT2D eigenvalue weighted by atomic mass is 32.2. The van der Waals surface area contributed by atoms with Gasteiger partial charge in [0.05, 0.1) is 18.8 Å². The second-order valence-electron chi connectivity index (χ2n) is 11.2. The number of carbonyl (C=O) groups is 3. The molecule has 42 heavy (non-hydrogen) atoms. The lowest BCUT2D eigenvalue weighted by Gasteiger charge is -2.27. The predicted octanol–water partition coefficient (Wildman–Crippen LogP) is 3.92. The predicted molar refractivity (Wildman–Crippen MR) is 157 cm³/mol. The minimum Gasteiger partial charge on any atom is -0.444 e. The van der Waals surface area contributed by atoms with Gasteiger partial charge in [-0.05, 0) is 64.8 Å². The number of sulfonamides is 1. The van der Waals surface area contributed by atoms with Crippen molar-refractivity contribution < 1.29 is 37.1 Å². The maximum absolute atomic E-state index is 12.6. The Hall–Kier alpha value is -4.17. The van der Waals surface area contributed by atoms with Crippen molar-refractivity contribution >= 4 is 39.8 Å². The summed E-state index contributed by atoms with van der Waals surface area (Å²) in [6.45, 7) is 9.49. The van der Waals surface area contributed by atoms with Crippen LogP contribution in [-0.2, 0) is 41.3 Å². The second-order valence-corrected chi connectivity index (χ2v) is 12.9. The van der Waals surface area contributed by atoms with Gasteiger partial charge in [-0.1, -0.05) is 42.5 Å². The molecule has 0 aliphatic rings. The smallest absolute Gasteiger partial charge is 0.442 e. The van der Waals surface area contributed by atoms with E-state index in [0.717, 1.165) is 0 Å². The van der Waals surface area contributed by atoms with Crippen LogP contribution in [-0.4, -0.2) is 61.9 Å². The van der Waals surface area contributed by atoms with Crippen LogP contribution in [0.5, 0.6) is 0 Å². The number of anilines is 1. The van der Waals surface area contributed by atoms with Gasteiger partial charge in [0, 0.05) is 12.2 Å². The number of hydrogen-bond donors (Lipinski definition) is 4. The molecular formula is C28H39N5O8S. The minimum atomic E-state index is -3.66. The van der Waals surface area contributed by atoms with Gasteiger partial charge in [-0.15, -0.1) is 5.06 Å². The molecule has 0 aromatic heterocycles. The first-order valence-corrected chi connectivity index (χ1v) is 14.7. The number of amides is 3. The molecule has 0 saturated carbocycles. The highest BCUT2D eigenvalue weighted by Gasteiger charge is 2.29. The first-order valence-electron chi connectivity index (χ1n) is 13.1. The fraction of sp³-hybridized carbons (Fsp3) is 0.429. The van der Waals surface area contributed by atoms with Crippen molar-refractivity contribution in [3.8, 4) is 0 Å². The fourth-order valence-electron chi connectivity index (χ4n) is 3.29. The second kappa shape index (κ2) is 14.6. The summed E-state index contributed by atoms with van der Waals surface area (Å²) in [5.74, 6) is -1.33. The summed E-state index contributed by atoms with van der Waals surface area (Å²) in [4.78, 5) is 42.5. The Kier molecular flexibility index (Phi) is 11.9. The van der Waals surface area contributed by atoms with E-state index in [0.29, 0.717) is 21.9 Å². The Balaban J connectivity index is 1.92. The van der Waals surface area contributed by atoms with E-state index in [9.17, 15) is 22.8 Å². The third kappa shape index (κ3) is 13.5. The number of carbonyl (C=O) groups excluding carboxylic acids is 3. The van der Waals surface area contributed by atoms with E-state index in [-0.39, 0.29) is 25.3 Å². The standard InChI is InChI=1S/C28H39N5O8S/c1-27(2,3)40-25(35)31-24(29)33(26(36)41-28(4,5)6)39-16-15-30-23(34)18-21-13-10-14-22(17-21)32-42(37,38)19-20-11-8-7-9-12-20/h7-14,17,32H,15-16,18-19H2,1-6H3,(H,30,34)(H2,29,31,35). The maximum Gasteiger partial charge on any atom is 0.442 e. The number of nitrogens with one attached hydrogen (secondary N) is 4. The lowest BCUT2D eigenvalue weighted by Crippen LogP contribution is -2.50. The van der Waals surface area contributed by atoms with Gasteiger partial charge in [0.25, 0.3) is 0 Å². The minimum absolute atomic E-state index is 0.0543. The molecule has 14 heteroatoms. The van der Waals surface area contributed by atoms with Crippen molar-refractivity contribution in [2.45, 2.75) is 64.9 Å². The van der Waals surface area contributed by atoms with E-state index in [1.165, 1.54) is 0 Å². The number of nitrogens with zero attached hydrogens (tertiary/aromatic N) is 1. The zero-order valence-electron chi connectivity index (χ0n) is 24.6. The molecule has 4 N–H and O–H groups in total. The molecule has 13 nitrogen and oxygen atoms in total. The van der Waals surface area contributed by atoms with Crippen molar-refractivity contribution in [3.63, 3.8) is 0 Å². The van der Waals surface area contributed by atoms with Gasteiger partial charge in [0.2, 0.25) is 21.9 Å². The van der Waals surface area contributed by atoms with Crippen LogP contribution in [0.2, 0.25) is 0 Å². The number of hydrogen-bond acceptors (Lipinski definition) is 9. The first kappa shape index (κ1) is 34.0. The normalized spacial score (nSPS) is 11.7. The monoisotopic (exact) mass is 605 g/mol. The molecular weight excluding hydrogens is 566 g/mol. The number of alkyl carbamates (subject to hydrolysis) is 1. The van der Waals surface area contributed by atoms with Crippen molar-refractivity contribution in [2.24, 2.45) is 0 Å². The lowest BCUT2D eigenvalue weighted by atomic mass is 10.1. The first-order chi connectivity index (χ1) is 19.4. The Labute approximate surface area is 246 Å². The molecule has 2 aromatic carbocycles. The van der Waals surface area contributed by atoms with Crippen LogP contribution in [0.4, 0.5) is 15.3 Å². The number of guanidine groups is 1. The molecule has 230 valence electrons. The van der Waals surface area contributed by atoms with Crippen LogP contribution >= 0.6 is 0 Å². The molecule has 0 spiro atoms. The molecule has 0 aliphatic carbocycles. The molecule has 2 rings (SSSR count). The van der Waals surface area contributed by atoms with E-state index >= 15 is 0 Å². The zero-order valence-corrected chi connectivity index (χ0v) is 25.5. The SMILES string of the molecule is CC(C)(C)OC(=O)NC(=N)N(OCCNC(=O)Cc1cccc(NS(=O)(=O)Cc2ccccc2)c1)C(=O)OC(C)(C)C. The Morgan fingerprint density at radius 2 is 1.50 bits per heavy atom. The van der Waals surface area contributed by atoms with E-state index in [1.807, 2.05) is 0 Å². The Morgan fingerprint density at radius 3 is 2.12 bits per heavy atom. The number of rotatable bonds is 10. The van der Waals surface area contributed by atoms with Crippen molar-refractivity contribution in [2.75, 3.05) is 17.9 Å². The molecule has 0 unspecified atom stereocenters. The molecule has 0 radical (unpaired) electrons. The summed E-state index contributed by atoms with van der Waals surface area (Å²) in [5.41, 5.74) is -0.221. The van der Waals surface area contributed by atoms with Gasteiger partial charge < -0.3 is 14.8 Å². The quantitative estimate of drug-likeness (QED) is 0.136. The van der Waals surface area contributed by atoms with Crippen molar-refractivity contribution in [1.29, 1.82) is 5.41 Å². The summed E-state index contributed by atoms with van der Waals surface area (Å²) in [6.07, 6.45) is -2.08. The summed E-state index contributed by atoms with van der Waals surface area (Å²) >= 11 is 0. The van der Waals surface area contributed by atoms with E-state index in [2.05, 4.69) is 15.4 Å². The number of ether oxygens (including phenoxy) is 2. The molecule has 0 atom stereocenters. The van der Waals surface area contributed by atoms with Crippen LogP contribution in [0, 0.1) is 5.41 Å². The topological polar surface area (TPSA) is 176 Å². The number of hydroxylamine groups is 2. The van der Waals surface area contributed by atoms with Crippen LogP contribution in [0.3, 0.4) is 0 Å². The zero-order chi connectivity index (χ0) is 31.6. The molecule has 0 heterocycles. The van der Waals surface area contributed by atoms with Gasteiger partial charge in [0.15, 0.2) is 0 Å². The van der Waals surface area contributed by atoms with Gasteiger partial charge in [-0.25, -0.2) is 18.0 Å². The summed E-state index contributed by atoms with van der Waals surface area (Å²) in [7, 11) is -3.66. The summed E-state index contributed by atoms with van der Waals surface area (Å²) in [6, 6.07) is 15.2. The van der Waals surface area contributed by atoms with Crippen LogP contribution in [0.25, 0.3) is 0 Å². The largest absolute Gasteiger partial charge is 0.444 e. The Bertz CT molecular complexity index is 1350. The lowest BCUT2D eigenvalue weighted by molar-refractivity contribution is -0.122. The van der Waals surface area contributed by atoms with Crippen LogP contribution in [0.1, 0.15) is 52.7 Å². The number of benzene rings is 2. The molecule has 0 fully saturated rings. The molecule has 2 aromatic rings. The van der Waals surface area contributed by atoms with E-state index in [1.54, 1.807) is 96.1 Å². The highest BCUT2D eigenvalue weighted by Crippen LogP contribution is 2.16. The van der Waals surface area contributed by atoms with Crippen LogP contribution < -0.4 is 15.4 Å². The third-order valence-electron chi connectivity index (χ3n) is 4.79. The average molecular weight is 606 g/mol. The third-order valence-corrected chi connectivity index (χ3v) is 6.05. The maximum atomic E-state index is 12.6. The fourth-order valence-corrected chi connectivity index (χ4v) is 4.48. The molecule has 0 bridgehead atoms. The van der Waals surface area contributed by atoms with E-state index in [4.69, 9.17) is 19.7 Å². The highest BCUT2D eigenvalue weighted by molar-refractivity contribution is 7.91. The Morgan fingerprint density at radius 1 is 0.881 bits per heavy atom. The van der Waals surface area contributed by atoms with Gasteiger partial charge in [-0.2, -0.15) is 0 Å². The van der Waals surface area contributed by atoms with E-state index < -0.39 is 45.3 Å². The molecule has 3 amide bonds. The van der Waals surface area contributed by atoms with Crippen molar-refractivity contribution in [3.05, 3.63) is 65.7 Å². The van der Waals surface area contributed by atoms with Gasteiger partial charge >= 0.3 is 12.2 Å². The average Bonchev–Trinajstić information content (AvgIpc) is 2.81. The molecule has 0 saturated heterocycles. The molecule has 0 aliphatic heterocycles. The van der Waals surface area contributed by atoms with Crippen LogP contribution in [0.15, 0.2) is 54.6 Å². The van der Waals surface area contributed by atoms with Gasteiger partial charge in [0.1, 0.15) is 11.2 Å². The summed E-state index contributed by atoms with van der Waals surface area (Å²) < 4.78 is 37.9. The summed E-state index contributed by atoms with van der Waals surface area (Å²) in [5, 5.41) is 13.3. The van der Waals surface area contributed by atoms with Gasteiger partial charge in [-0.3, -0.25) is 25.1 Å².